The number of nitrogens with one attached hydrogen (secondary N) is 1. The van der Waals surface area contributed by atoms with E-state index in [4.69, 9.17) is 0 Å². The molecule has 0 saturated carbocycles. The van der Waals surface area contributed by atoms with E-state index in [0.717, 1.165) is 31.8 Å². The average Bonchev–Trinajstić information content (AvgIpc) is 3.08. The van der Waals surface area contributed by atoms with Crippen LogP contribution in [0.25, 0.3) is 5.65 Å². The number of rotatable bonds is 3. The molecule has 1 fully saturated rings. The molecule has 6 nitrogen and oxygen atoms in total. The number of hydrogen-bond donors (Lipinski definition) is 1. The molecule has 1 aromatic carbocycles. The summed E-state index contributed by atoms with van der Waals surface area (Å²) in [6.07, 6.45) is 4.14. The maximum absolute atomic E-state index is 12.4. The minimum Gasteiger partial charge on any atom is -0.319 e. The molecular formula is C19H21N5O. The van der Waals surface area contributed by atoms with Crippen LogP contribution in [0.5, 0.6) is 0 Å². The van der Waals surface area contributed by atoms with Crippen LogP contribution in [0.3, 0.4) is 0 Å². The van der Waals surface area contributed by atoms with Crippen molar-refractivity contribution in [3.05, 3.63) is 60.0 Å². The molecule has 0 radical (unpaired) electrons. The van der Waals surface area contributed by atoms with Gasteiger partial charge in [0, 0.05) is 17.7 Å². The zero-order valence-corrected chi connectivity index (χ0v) is 14.2. The number of piperidine rings is 1. The van der Waals surface area contributed by atoms with Gasteiger partial charge >= 0.3 is 0 Å². The smallest absolute Gasteiger partial charge is 0.255 e. The van der Waals surface area contributed by atoms with Crippen molar-refractivity contribution in [1.82, 2.24) is 19.5 Å². The molecule has 1 aliphatic heterocycles. The van der Waals surface area contributed by atoms with Crippen LogP contribution in [-0.4, -0.2) is 45.5 Å². The van der Waals surface area contributed by atoms with E-state index < -0.39 is 0 Å². The maximum atomic E-state index is 12.4. The lowest BCUT2D eigenvalue weighted by Crippen LogP contribution is -2.29. The van der Waals surface area contributed by atoms with Crippen LogP contribution in [-0.2, 0) is 0 Å². The average molecular weight is 335 g/mol. The zero-order valence-electron chi connectivity index (χ0n) is 14.2. The molecule has 0 unspecified atom stereocenters. The summed E-state index contributed by atoms with van der Waals surface area (Å²) in [4.78, 5) is 14.8. The minimum absolute atomic E-state index is 0.141. The second-order valence-electron chi connectivity index (χ2n) is 6.57. The Labute approximate surface area is 146 Å². The Kier molecular flexibility index (Phi) is 4.19. The fraction of sp³-hybridized carbons (Fsp3) is 0.316. The molecule has 1 N–H and O–H groups in total. The van der Waals surface area contributed by atoms with Gasteiger partial charge in [-0.05, 0) is 57.2 Å². The monoisotopic (exact) mass is 335 g/mol. The number of hydrogen-bond acceptors (Lipinski definition) is 4. The molecule has 1 saturated heterocycles. The Bertz CT molecular complexity index is 881. The van der Waals surface area contributed by atoms with E-state index in [0.29, 0.717) is 22.8 Å². The zero-order chi connectivity index (χ0) is 17.2. The van der Waals surface area contributed by atoms with Crippen LogP contribution in [0.2, 0.25) is 0 Å². The quantitative estimate of drug-likeness (QED) is 0.799. The van der Waals surface area contributed by atoms with Gasteiger partial charge in [0.1, 0.15) is 5.82 Å². The molecule has 25 heavy (non-hydrogen) atoms. The molecule has 0 atom stereocenters. The highest BCUT2D eigenvalue weighted by atomic mass is 16.1. The largest absolute Gasteiger partial charge is 0.319 e. The summed E-state index contributed by atoms with van der Waals surface area (Å²) >= 11 is 0. The normalized spacial score (nSPS) is 16.2. The number of carbonyl (C=O) groups excluding carboxylic acids is 1. The van der Waals surface area contributed by atoms with Gasteiger partial charge in [0.15, 0.2) is 5.65 Å². The first-order valence-electron chi connectivity index (χ1n) is 8.61. The number of anilines is 1. The van der Waals surface area contributed by atoms with Crippen LogP contribution < -0.4 is 5.32 Å². The molecule has 0 aliphatic carbocycles. The topological polar surface area (TPSA) is 62.5 Å². The Hall–Kier alpha value is -2.73. The van der Waals surface area contributed by atoms with E-state index >= 15 is 0 Å². The Morgan fingerprint density at radius 2 is 1.84 bits per heavy atom. The predicted molar refractivity (Wildman–Crippen MR) is 96.9 cm³/mol. The molecule has 2 aromatic heterocycles. The first-order chi connectivity index (χ1) is 12.2. The van der Waals surface area contributed by atoms with Gasteiger partial charge in [0.25, 0.3) is 5.91 Å². The second kappa shape index (κ2) is 6.64. The highest BCUT2D eigenvalue weighted by molar-refractivity contribution is 6.05. The van der Waals surface area contributed by atoms with E-state index in [1.54, 1.807) is 12.1 Å². The van der Waals surface area contributed by atoms with Crippen LogP contribution in [0.4, 0.5) is 5.69 Å². The number of likely N-dealkylation sites (tertiary alicyclic amines) is 1. The van der Waals surface area contributed by atoms with E-state index in [1.807, 2.05) is 40.9 Å². The first-order valence-corrected chi connectivity index (χ1v) is 8.61. The van der Waals surface area contributed by atoms with Crippen molar-refractivity contribution in [2.45, 2.75) is 18.8 Å². The van der Waals surface area contributed by atoms with Crippen molar-refractivity contribution in [3.63, 3.8) is 0 Å². The van der Waals surface area contributed by atoms with E-state index in [2.05, 4.69) is 27.5 Å². The standard InChI is InChI=1S/C19H21N5O/c1-23-12-9-14(10-13-23)17-21-22-18-16(8-5-11-24(17)18)20-19(25)15-6-3-2-4-7-15/h2-8,11,14H,9-10,12-13H2,1H3,(H,20,25). The molecule has 3 heterocycles. The maximum Gasteiger partial charge on any atom is 0.255 e. The lowest BCUT2D eigenvalue weighted by Gasteiger charge is -2.27. The van der Waals surface area contributed by atoms with Crippen LogP contribution in [0, 0.1) is 0 Å². The number of nitrogens with zero attached hydrogens (tertiary/aromatic N) is 4. The van der Waals surface area contributed by atoms with Crippen molar-refractivity contribution in [1.29, 1.82) is 0 Å². The fourth-order valence-corrected chi connectivity index (χ4v) is 3.36. The second-order valence-corrected chi connectivity index (χ2v) is 6.57. The number of amides is 1. The summed E-state index contributed by atoms with van der Waals surface area (Å²) in [6.45, 7) is 2.15. The van der Waals surface area contributed by atoms with Crippen molar-refractivity contribution in [3.8, 4) is 0 Å². The summed E-state index contributed by atoms with van der Waals surface area (Å²) in [7, 11) is 2.15. The third-order valence-electron chi connectivity index (χ3n) is 4.83. The summed E-state index contributed by atoms with van der Waals surface area (Å²) in [5.74, 6) is 1.25. The number of aromatic nitrogens is 3. The summed E-state index contributed by atoms with van der Waals surface area (Å²) in [5, 5.41) is 11.7. The highest BCUT2D eigenvalue weighted by Gasteiger charge is 2.23. The van der Waals surface area contributed by atoms with Gasteiger partial charge in [-0.1, -0.05) is 18.2 Å². The summed E-state index contributed by atoms with van der Waals surface area (Å²) < 4.78 is 2.01. The molecule has 128 valence electrons. The van der Waals surface area contributed by atoms with Crippen LogP contribution in [0.1, 0.15) is 34.9 Å². The Morgan fingerprint density at radius 1 is 1.08 bits per heavy atom. The lowest BCUT2D eigenvalue weighted by molar-refractivity contribution is 0.102. The van der Waals surface area contributed by atoms with E-state index in [-0.39, 0.29) is 5.91 Å². The number of benzene rings is 1. The van der Waals surface area contributed by atoms with Crippen molar-refractivity contribution >= 4 is 17.2 Å². The molecule has 1 amide bonds. The third kappa shape index (κ3) is 3.13. The Balaban J connectivity index is 1.62. The molecule has 3 aromatic rings. The molecule has 1 aliphatic rings. The summed E-state index contributed by atoms with van der Waals surface area (Å²) in [6, 6.07) is 13.0. The minimum atomic E-state index is -0.141. The van der Waals surface area contributed by atoms with Gasteiger partial charge in [0.05, 0.1) is 5.69 Å². The third-order valence-corrected chi connectivity index (χ3v) is 4.83. The molecule has 0 bridgehead atoms. The van der Waals surface area contributed by atoms with Gasteiger partial charge in [-0.3, -0.25) is 9.20 Å². The molecule has 0 spiro atoms. The van der Waals surface area contributed by atoms with E-state index in [9.17, 15) is 4.79 Å². The van der Waals surface area contributed by atoms with Crippen molar-refractivity contribution in [2.75, 3.05) is 25.5 Å². The van der Waals surface area contributed by atoms with Gasteiger partial charge < -0.3 is 10.2 Å². The first kappa shape index (κ1) is 15.8. The van der Waals surface area contributed by atoms with Crippen LogP contribution >= 0.6 is 0 Å². The van der Waals surface area contributed by atoms with Gasteiger partial charge in [-0.25, -0.2) is 0 Å². The molecule has 4 rings (SSSR count). The van der Waals surface area contributed by atoms with Crippen molar-refractivity contribution < 1.29 is 4.79 Å². The van der Waals surface area contributed by atoms with Gasteiger partial charge in [0.2, 0.25) is 0 Å². The highest BCUT2D eigenvalue weighted by Crippen LogP contribution is 2.28. The Morgan fingerprint density at radius 3 is 2.60 bits per heavy atom. The van der Waals surface area contributed by atoms with E-state index in [1.165, 1.54) is 0 Å². The van der Waals surface area contributed by atoms with Crippen LogP contribution in [0.15, 0.2) is 48.7 Å². The molecular weight excluding hydrogens is 314 g/mol. The van der Waals surface area contributed by atoms with Crippen molar-refractivity contribution in [2.24, 2.45) is 0 Å². The number of carbonyl (C=O) groups is 1. The SMILES string of the molecule is CN1CCC(c2nnc3c(NC(=O)c4ccccc4)cccn23)CC1. The van der Waals surface area contributed by atoms with Gasteiger partial charge in [-0.15, -0.1) is 10.2 Å². The lowest BCUT2D eigenvalue weighted by atomic mass is 9.96. The molecule has 6 heteroatoms. The number of pyridine rings is 1. The van der Waals surface area contributed by atoms with Gasteiger partial charge in [-0.2, -0.15) is 0 Å². The summed E-state index contributed by atoms with van der Waals surface area (Å²) in [5.41, 5.74) is 2.00. The predicted octanol–water partition coefficient (Wildman–Crippen LogP) is 2.79. The fourth-order valence-electron chi connectivity index (χ4n) is 3.36. The number of fused-ring (bicyclic) bond motifs is 1.